The summed E-state index contributed by atoms with van der Waals surface area (Å²) in [5.74, 6) is -0.0739. The van der Waals surface area contributed by atoms with E-state index in [0.29, 0.717) is 22.6 Å². The molecular weight excluding hydrogens is 350 g/mol. The molecule has 0 aliphatic heterocycles. The predicted molar refractivity (Wildman–Crippen MR) is 100 cm³/mol. The summed E-state index contributed by atoms with van der Waals surface area (Å²) in [5, 5.41) is 4.38. The van der Waals surface area contributed by atoms with Gasteiger partial charge < -0.3 is 0 Å². The zero-order chi connectivity index (χ0) is 18.9. The zero-order valence-corrected chi connectivity index (χ0v) is 15.5. The van der Waals surface area contributed by atoms with Crippen LogP contribution in [0.4, 0.5) is 5.69 Å². The summed E-state index contributed by atoms with van der Waals surface area (Å²) in [6.45, 7) is 4.85. The van der Waals surface area contributed by atoms with Gasteiger partial charge in [0.15, 0.2) is 5.78 Å². The summed E-state index contributed by atoms with van der Waals surface area (Å²) >= 11 is 0. The molecule has 2 aromatic carbocycles. The van der Waals surface area contributed by atoms with Crippen molar-refractivity contribution in [3.8, 4) is 5.69 Å². The van der Waals surface area contributed by atoms with Crippen LogP contribution < -0.4 is 4.72 Å². The number of carbonyl (C=O) groups is 1. The summed E-state index contributed by atoms with van der Waals surface area (Å²) in [6, 6.07) is 15.7. The van der Waals surface area contributed by atoms with Crippen LogP contribution in [0.15, 0.2) is 59.5 Å². The van der Waals surface area contributed by atoms with Crippen LogP contribution in [0, 0.1) is 13.8 Å². The standard InChI is InChI=1S/C19H19N3O3S/c1-13-19(14(2)22(20-13)18-7-5-4-6-8-18)26(24,25)21-17-11-9-16(10-12-17)15(3)23/h4-12,21H,1-3H3. The van der Waals surface area contributed by atoms with Gasteiger partial charge in [0.2, 0.25) is 0 Å². The maximum Gasteiger partial charge on any atom is 0.265 e. The van der Waals surface area contributed by atoms with Crippen molar-refractivity contribution in [3.63, 3.8) is 0 Å². The average Bonchev–Trinajstić information content (AvgIpc) is 2.91. The Kier molecular flexibility index (Phi) is 4.65. The number of rotatable bonds is 5. The lowest BCUT2D eigenvalue weighted by atomic mass is 10.1. The molecule has 0 aliphatic rings. The number of nitrogens with zero attached hydrogens (tertiary/aromatic N) is 2. The fourth-order valence-electron chi connectivity index (χ4n) is 2.82. The number of benzene rings is 2. The molecule has 0 bridgehead atoms. The van der Waals surface area contributed by atoms with Gasteiger partial charge >= 0.3 is 0 Å². The van der Waals surface area contributed by atoms with E-state index < -0.39 is 10.0 Å². The number of Topliss-reactive ketones (excluding diaryl/α,β-unsaturated/α-hetero) is 1. The average molecular weight is 369 g/mol. The number of hydrogen-bond donors (Lipinski definition) is 1. The summed E-state index contributed by atoms with van der Waals surface area (Å²) in [6.07, 6.45) is 0. The number of para-hydroxylation sites is 1. The van der Waals surface area contributed by atoms with Gasteiger partial charge in [-0.3, -0.25) is 9.52 Å². The number of aryl methyl sites for hydroxylation is 1. The van der Waals surface area contributed by atoms with Crippen LogP contribution in [-0.2, 0) is 10.0 Å². The minimum absolute atomic E-state index is 0.0739. The fraction of sp³-hybridized carbons (Fsp3) is 0.158. The molecule has 0 saturated carbocycles. The Morgan fingerprint density at radius 3 is 2.19 bits per heavy atom. The molecule has 1 aromatic heterocycles. The van der Waals surface area contributed by atoms with Gasteiger partial charge in [0.25, 0.3) is 10.0 Å². The molecule has 0 fully saturated rings. The molecule has 0 atom stereocenters. The topological polar surface area (TPSA) is 81.1 Å². The molecule has 7 heteroatoms. The van der Waals surface area contributed by atoms with Crippen LogP contribution in [0.5, 0.6) is 0 Å². The van der Waals surface area contributed by atoms with Crippen LogP contribution in [0.25, 0.3) is 5.69 Å². The number of nitrogens with one attached hydrogen (secondary N) is 1. The molecule has 0 aliphatic carbocycles. The molecule has 0 radical (unpaired) electrons. The summed E-state index contributed by atoms with van der Waals surface area (Å²) in [4.78, 5) is 11.5. The fourth-order valence-corrected chi connectivity index (χ4v) is 4.27. The molecule has 3 rings (SSSR count). The molecule has 0 unspecified atom stereocenters. The van der Waals surface area contributed by atoms with E-state index in [-0.39, 0.29) is 10.7 Å². The van der Waals surface area contributed by atoms with Crippen LogP contribution >= 0.6 is 0 Å². The van der Waals surface area contributed by atoms with Crippen LogP contribution in [-0.4, -0.2) is 24.0 Å². The van der Waals surface area contributed by atoms with Crippen molar-refractivity contribution in [2.45, 2.75) is 25.7 Å². The molecule has 0 spiro atoms. The third kappa shape index (κ3) is 3.39. The van der Waals surface area contributed by atoms with Crippen LogP contribution in [0.1, 0.15) is 28.7 Å². The molecule has 0 amide bonds. The van der Waals surface area contributed by atoms with Gasteiger partial charge in [-0.2, -0.15) is 5.10 Å². The lowest BCUT2D eigenvalue weighted by molar-refractivity contribution is 0.101. The van der Waals surface area contributed by atoms with E-state index in [2.05, 4.69) is 9.82 Å². The van der Waals surface area contributed by atoms with Gasteiger partial charge in [-0.1, -0.05) is 18.2 Å². The largest absolute Gasteiger partial charge is 0.295 e. The lowest BCUT2D eigenvalue weighted by Gasteiger charge is -2.09. The number of aromatic nitrogens is 2. The molecule has 1 N–H and O–H groups in total. The highest BCUT2D eigenvalue weighted by Crippen LogP contribution is 2.25. The quantitative estimate of drug-likeness (QED) is 0.698. The summed E-state index contributed by atoms with van der Waals surface area (Å²) in [5.41, 5.74) is 2.65. The van der Waals surface area contributed by atoms with E-state index >= 15 is 0 Å². The third-order valence-electron chi connectivity index (χ3n) is 4.04. The second kappa shape index (κ2) is 6.76. The van der Waals surface area contributed by atoms with Gasteiger partial charge in [-0.15, -0.1) is 0 Å². The molecule has 134 valence electrons. The highest BCUT2D eigenvalue weighted by atomic mass is 32.2. The Balaban J connectivity index is 1.97. The van der Waals surface area contributed by atoms with Gasteiger partial charge in [-0.05, 0) is 57.2 Å². The molecule has 6 nitrogen and oxygen atoms in total. The van der Waals surface area contributed by atoms with Crippen molar-refractivity contribution in [1.29, 1.82) is 0 Å². The van der Waals surface area contributed by atoms with Crippen molar-refractivity contribution < 1.29 is 13.2 Å². The number of hydrogen-bond acceptors (Lipinski definition) is 4. The van der Waals surface area contributed by atoms with Crippen molar-refractivity contribution in [2.24, 2.45) is 0 Å². The predicted octanol–water partition coefficient (Wildman–Crippen LogP) is 3.49. The Hall–Kier alpha value is -2.93. The molecule has 26 heavy (non-hydrogen) atoms. The summed E-state index contributed by atoms with van der Waals surface area (Å²) in [7, 11) is -3.81. The minimum atomic E-state index is -3.81. The van der Waals surface area contributed by atoms with Gasteiger partial charge in [0, 0.05) is 11.3 Å². The number of ketones is 1. The molecule has 0 saturated heterocycles. The van der Waals surface area contributed by atoms with Crippen molar-refractivity contribution in [1.82, 2.24) is 9.78 Å². The Labute approximate surface area is 152 Å². The van der Waals surface area contributed by atoms with E-state index in [4.69, 9.17) is 0 Å². The van der Waals surface area contributed by atoms with E-state index in [1.807, 2.05) is 30.3 Å². The van der Waals surface area contributed by atoms with Crippen molar-refractivity contribution in [2.75, 3.05) is 4.72 Å². The van der Waals surface area contributed by atoms with Crippen LogP contribution in [0.2, 0.25) is 0 Å². The number of anilines is 1. The van der Waals surface area contributed by atoms with Crippen molar-refractivity contribution >= 4 is 21.5 Å². The van der Waals surface area contributed by atoms with Gasteiger partial charge in [0.1, 0.15) is 4.90 Å². The first-order valence-electron chi connectivity index (χ1n) is 8.05. The van der Waals surface area contributed by atoms with Gasteiger partial charge in [0.05, 0.1) is 17.1 Å². The third-order valence-corrected chi connectivity index (χ3v) is 5.67. The highest BCUT2D eigenvalue weighted by molar-refractivity contribution is 7.92. The first-order valence-corrected chi connectivity index (χ1v) is 9.53. The first-order chi connectivity index (χ1) is 12.3. The van der Waals surface area contributed by atoms with Crippen LogP contribution in [0.3, 0.4) is 0 Å². The molecular formula is C19H19N3O3S. The Morgan fingerprint density at radius 2 is 1.62 bits per heavy atom. The number of carbonyl (C=O) groups excluding carboxylic acids is 1. The highest BCUT2D eigenvalue weighted by Gasteiger charge is 2.25. The smallest absolute Gasteiger partial charge is 0.265 e. The van der Waals surface area contributed by atoms with E-state index in [9.17, 15) is 13.2 Å². The van der Waals surface area contributed by atoms with E-state index in [0.717, 1.165) is 5.69 Å². The number of sulfonamides is 1. The second-order valence-electron chi connectivity index (χ2n) is 5.99. The normalized spacial score (nSPS) is 11.3. The zero-order valence-electron chi connectivity index (χ0n) is 14.7. The lowest BCUT2D eigenvalue weighted by Crippen LogP contribution is -2.15. The maximum atomic E-state index is 12.9. The monoisotopic (exact) mass is 369 g/mol. The SMILES string of the molecule is CC(=O)c1ccc(NS(=O)(=O)c2c(C)nn(-c3ccccc3)c2C)cc1. The molecule has 3 aromatic rings. The van der Waals surface area contributed by atoms with E-state index in [1.54, 1.807) is 42.8 Å². The maximum absolute atomic E-state index is 12.9. The second-order valence-corrected chi connectivity index (χ2v) is 7.61. The first kappa shape index (κ1) is 17.9. The van der Waals surface area contributed by atoms with E-state index in [1.165, 1.54) is 6.92 Å². The van der Waals surface area contributed by atoms with Crippen molar-refractivity contribution in [3.05, 3.63) is 71.5 Å². The Bertz CT molecular complexity index is 1050. The molecule has 1 heterocycles. The summed E-state index contributed by atoms with van der Waals surface area (Å²) < 4.78 is 29.9. The van der Waals surface area contributed by atoms with Gasteiger partial charge in [-0.25, -0.2) is 13.1 Å². The minimum Gasteiger partial charge on any atom is -0.295 e. The Morgan fingerprint density at radius 1 is 1.00 bits per heavy atom.